The molecule has 0 fully saturated rings. The van der Waals surface area contributed by atoms with Crippen LogP contribution < -0.4 is 9.21 Å². The van der Waals surface area contributed by atoms with Crippen LogP contribution in [-0.2, 0) is 19.7 Å². The number of alkyl halides is 3. The predicted octanol–water partition coefficient (Wildman–Crippen LogP) is 5.72. The van der Waals surface area contributed by atoms with Gasteiger partial charge >= 0.3 is 12.1 Å². The lowest BCUT2D eigenvalue weighted by Crippen LogP contribution is -2.39. The van der Waals surface area contributed by atoms with Gasteiger partial charge in [0.15, 0.2) is 5.82 Å². The average molecular weight is 599 g/mol. The summed E-state index contributed by atoms with van der Waals surface area (Å²) in [7, 11) is -3.45. The predicted molar refractivity (Wildman–Crippen MR) is 143 cm³/mol. The molecule has 0 saturated carbocycles. The third-order valence-corrected chi connectivity index (χ3v) is 7.57. The van der Waals surface area contributed by atoms with E-state index in [0.717, 1.165) is 24.7 Å². The summed E-state index contributed by atoms with van der Waals surface area (Å²) in [6.45, 7) is 0. The molecular weight excluding hydrogens is 580 g/mol. The second-order valence-electron chi connectivity index (χ2n) is 8.64. The Morgan fingerprint density at radius 3 is 2.38 bits per heavy atom. The molecule has 0 aliphatic heterocycles. The second-order valence-corrected chi connectivity index (χ2v) is 10.4. The zero-order valence-electron chi connectivity index (χ0n) is 21.4. The minimum atomic E-state index is -5.48. The zero-order chi connectivity index (χ0) is 30.1. The molecule has 14 heteroatoms. The lowest BCUT2D eigenvalue weighted by molar-refractivity contribution is -0.199. The first kappa shape index (κ1) is 28.4. The first-order chi connectivity index (χ1) is 20.0. The largest absolute Gasteiger partial charge is 0.496 e. The van der Waals surface area contributed by atoms with Gasteiger partial charge in [0, 0.05) is 29.4 Å². The van der Waals surface area contributed by atoms with Crippen molar-refractivity contribution in [3.05, 3.63) is 97.3 Å². The number of carbonyl (C=O) groups is 1. The Balaban J connectivity index is 1.57. The Morgan fingerprint density at radius 2 is 1.69 bits per heavy atom. The van der Waals surface area contributed by atoms with Crippen LogP contribution in [0.4, 0.5) is 23.4 Å². The minimum Gasteiger partial charge on any atom is -0.496 e. The van der Waals surface area contributed by atoms with Gasteiger partial charge in [0.1, 0.15) is 17.9 Å². The number of hydrogen-bond donors (Lipinski definition) is 0. The van der Waals surface area contributed by atoms with Crippen LogP contribution in [-0.4, -0.2) is 42.6 Å². The fraction of sp³-hybridized carbons (Fsp3) is 0.0714. The fourth-order valence-electron chi connectivity index (χ4n) is 4.10. The number of nitrogens with zero attached hydrogens (tertiary/aromatic N) is 4. The Bertz CT molecular complexity index is 1900. The molecule has 5 rings (SSSR count). The Labute approximate surface area is 236 Å². The number of pyridine rings is 1. The number of hydrogen-bond acceptors (Lipinski definition) is 8. The molecule has 0 aliphatic rings. The number of aromatic nitrogens is 3. The van der Waals surface area contributed by atoms with E-state index >= 15 is 0 Å². The molecular formula is C28H18F4N4O5S. The van der Waals surface area contributed by atoms with Gasteiger partial charge in [-0.05, 0) is 59.0 Å². The Kier molecular flexibility index (Phi) is 7.47. The van der Waals surface area contributed by atoms with Gasteiger partial charge in [0.2, 0.25) is 0 Å². The normalized spacial score (nSPS) is 11.7. The number of methoxy groups -OCH3 is 1. The van der Waals surface area contributed by atoms with Crippen LogP contribution in [0.2, 0.25) is 0 Å². The smallest absolute Gasteiger partial charge is 0.493 e. The van der Waals surface area contributed by atoms with Crippen molar-refractivity contribution >= 4 is 32.6 Å². The van der Waals surface area contributed by atoms with Crippen LogP contribution in [0.25, 0.3) is 33.2 Å². The molecule has 3 aromatic carbocycles. The highest BCUT2D eigenvalue weighted by atomic mass is 32.2. The number of benzene rings is 3. The van der Waals surface area contributed by atoms with Crippen molar-refractivity contribution < 1.29 is 40.3 Å². The summed E-state index contributed by atoms with van der Waals surface area (Å²) in [5, 5.41) is 0.830. The SMILES string of the molecule is COc1cc(-c2cccc(F)c2)ccc1-c1nccc2cc(S(=O)(=O)N(OC(=O)C(F)(F)F)c3ccncn3)ccc12. The third-order valence-electron chi connectivity index (χ3n) is 6.02. The summed E-state index contributed by atoms with van der Waals surface area (Å²) >= 11 is 0. The molecule has 5 aromatic rings. The third kappa shape index (κ3) is 5.56. The molecule has 0 saturated heterocycles. The topological polar surface area (TPSA) is 112 Å². The van der Waals surface area contributed by atoms with Crippen LogP contribution in [0.15, 0.2) is 96.4 Å². The Morgan fingerprint density at radius 1 is 0.905 bits per heavy atom. The molecule has 0 radical (unpaired) electrons. The lowest BCUT2D eigenvalue weighted by atomic mass is 9.99. The van der Waals surface area contributed by atoms with E-state index in [0.29, 0.717) is 38.9 Å². The van der Waals surface area contributed by atoms with Crippen LogP contribution >= 0.6 is 0 Å². The summed E-state index contributed by atoms with van der Waals surface area (Å²) in [6, 6.07) is 17.4. The maximum absolute atomic E-state index is 13.8. The molecule has 9 nitrogen and oxygen atoms in total. The number of sulfonamides is 1. The van der Waals surface area contributed by atoms with Gasteiger partial charge in [-0.3, -0.25) is 4.98 Å². The summed E-state index contributed by atoms with van der Waals surface area (Å²) in [5.74, 6) is -3.38. The van der Waals surface area contributed by atoms with Crippen molar-refractivity contribution in [1.82, 2.24) is 15.0 Å². The number of halogens is 4. The quantitative estimate of drug-likeness (QED) is 0.173. The molecule has 0 bridgehead atoms. The summed E-state index contributed by atoms with van der Waals surface area (Å²) < 4.78 is 84.9. The molecule has 2 aromatic heterocycles. The maximum atomic E-state index is 13.8. The fourth-order valence-corrected chi connectivity index (χ4v) is 5.33. The molecule has 0 N–H and O–H groups in total. The number of anilines is 1. The van der Waals surface area contributed by atoms with Crippen molar-refractivity contribution in [2.45, 2.75) is 11.1 Å². The number of carbonyl (C=O) groups excluding carboxylic acids is 1. The van der Waals surface area contributed by atoms with Crippen molar-refractivity contribution in [1.29, 1.82) is 0 Å². The van der Waals surface area contributed by atoms with Gasteiger partial charge in [0.25, 0.3) is 10.0 Å². The molecule has 0 amide bonds. The first-order valence-corrected chi connectivity index (χ1v) is 13.4. The Hall–Kier alpha value is -5.11. The van der Waals surface area contributed by atoms with E-state index in [1.54, 1.807) is 30.3 Å². The van der Waals surface area contributed by atoms with E-state index in [9.17, 15) is 30.8 Å². The molecule has 214 valence electrons. The second kappa shape index (κ2) is 11.0. The summed E-state index contributed by atoms with van der Waals surface area (Å²) in [5.41, 5.74) is 2.26. The van der Waals surface area contributed by atoms with E-state index in [1.165, 1.54) is 43.6 Å². The summed E-state index contributed by atoms with van der Waals surface area (Å²) in [6.07, 6.45) is -2.12. The van der Waals surface area contributed by atoms with Crippen LogP contribution in [0.1, 0.15) is 0 Å². The van der Waals surface area contributed by atoms with Crippen LogP contribution in [0.3, 0.4) is 0 Å². The monoisotopic (exact) mass is 598 g/mol. The maximum Gasteiger partial charge on any atom is 0.493 e. The van der Waals surface area contributed by atoms with E-state index in [2.05, 4.69) is 19.8 Å². The van der Waals surface area contributed by atoms with Gasteiger partial charge in [0.05, 0.1) is 17.7 Å². The molecule has 0 unspecified atom stereocenters. The standard InChI is InChI=1S/C28H18F4N4O5S/c1-40-24-15-18(17-3-2-4-20(29)13-17)5-7-23(24)26-22-8-6-21(14-19(22)9-12-34-26)42(38,39)36(25-10-11-33-16-35-25)41-27(37)28(30,31)32/h2-16H,1H3. The van der Waals surface area contributed by atoms with Crippen molar-refractivity contribution in [2.24, 2.45) is 0 Å². The zero-order valence-corrected chi connectivity index (χ0v) is 22.2. The van der Waals surface area contributed by atoms with Gasteiger partial charge < -0.3 is 9.57 Å². The minimum absolute atomic E-state index is 0.206. The van der Waals surface area contributed by atoms with Gasteiger partial charge in [-0.1, -0.05) is 28.7 Å². The molecule has 2 heterocycles. The van der Waals surface area contributed by atoms with E-state index < -0.39 is 38.7 Å². The van der Waals surface area contributed by atoms with Gasteiger partial charge in [-0.15, -0.1) is 0 Å². The molecule has 42 heavy (non-hydrogen) atoms. The van der Waals surface area contributed by atoms with Crippen LogP contribution in [0.5, 0.6) is 5.75 Å². The van der Waals surface area contributed by atoms with Crippen molar-refractivity contribution in [2.75, 3.05) is 11.6 Å². The molecule has 0 spiro atoms. The number of ether oxygens (including phenoxy) is 1. The highest BCUT2D eigenvalue weighted by molar-refractivity contribution is 7.92. The van der Waals surface area contributed by atoms with E-state index in [4.69, 9.17) is 4.74 Å². The number of rotatable bonds is 7. The van der Waals surface area contributed by atoms with E-state index in [1.807, 2.05) is 0 Å². The highest BCUT2D eigenvalue weighted by Gasteiger charge is 2.45. The molecule has 0 aliphatic carbocycles. The average Bonchev–Trinajstić information content (AvgIpc) is 2.98. The first-order valence-electron chi connectivity index (χ1n) is 11.9. The summed E-state index contributed by atoms with van der Waals surface area (Å²) in [4.78, 5) is 27.0. The van der Waals surface area contributed by atoms with Crippen molar-refractivity contribution in [3.63, 3.8) is 0 Å². The number of fused-ring (bicyclic) bond motifs is 1. The van der Waals surface area contributed by atoms with Gasteiger partial charge in [-0.2, -0.15) is 21.6 Å². The highest BCUT2D eigenvalue weighted by Crippen LogP contribution is 2.37. The van der Waals surface area contributed by atoms with Crippen LogP contribution in [0, 0.1) is 5.82 Å². The van der Waals surface area contributed by atoms with Crippen molar-refractivity contribution in [3.8, 4) is 28.1 Å². The van der Waals surface area contributed by atoms with E-state index in [-0.39, 0.29) is 4.47 Å². The van der Waals surface area contributed by atoms with Gasteiger partial charge in [-0.25, -0.2) is 19.2 Å². The molecule has 0 atom stereocenters. The lowest BCUT2D eigenvalue weighted by Gasteiger charge is -2.22.